The molecule has 1 aliphatic heterocycles. The Labute approximate surface area is 165 Å². The van der Waals surface area contributed by atoms with Gasteiger partial charge >= 0.3 is 0 Å². The number of ether oxygens (including phenoxy) is 1. The van der Waals surface area contributed by atoms with E-state index in [0.717, 1.165) is 31.7 Å². The molecular weight excluding hydrogens is 362 g/mol. The van der Waals surface area contributed by atoms with Crippen LogP contribution < -0.4 is 10.1 Å². The van der Waals surface area contributed by atoms with Gasteiger partial charge in [-0.25, -0.2) is 0 Å². The number of carbonyl (C=O) groups is 1. The first-order valence-electron chi connectivity index (χ1n) is 9.17. The fraction of sp³-hybridized carbons (Fsp3) is 0.381. The summed E-state index contributed by atoms with van der Waals surface area (Å²) in [6.07, 6.45) is 0. The number of para-hydroxylation sites is 1. The van der Waals surface area contributed by atoms with Crippen LogP contribution in [0.5, 0.6) is 5.75 Å². The average Bonchev–Trinajstić information content (AvgIpc) is 2.70. The minimum Gasteiger partial charge on any atom is -0.496 e. The molecule has 0 radical (unpaired) electrons. The molecule has 2 aromatic rings. The SMILES string of the molecule is COc1ccccc1C(=O)NC[C@@H](c1ccc(Cl)cc1)N1CCN(C)CC1. The van der Waals surface area contributed by atoms with Crippen molar-refractivity contribution < 1.29 is 9.53 Å². The summed E-state index contributed by atoms with van der Waals surface area (Å²) < 4.78 is 5.31. The van der Waals surface area contributed by atoms with Gasteiger partial charge in [0.25, 0.3) is 5.91 Å². The number of methoxy groups -OCH3 is 1. The summed E-state index contributed by atoms with van der Waals surface area (Å²) in [5.41, 5.74) is 1.71. The normalized spacial score (nSPS) is 16.7. The number of nitrogens with one attached hydrogen (secondary N) is 1. The molecule has 1 saturated heterocycles. The molecule has 0 bridgehead atoms. The summed E-state index contributed by atoms with van der Waals surface area (Å²) in [4.78, 5) is 17.5. The Bertz CT molecular complexity index is 758. The van der Waals surface area contributed by atoms with Gasteiger partial charge in [0.15, 0.2) is 0 Å². The van der Waals surface area contributed by atoms with Gasteiger partial charge < -0.3 is 15.0 Å². The highest BCUT2D eigenvalue weighted by atomic mass is 35.5. The van der Waals surface area contributed by atoms with Crippen molar-refractivity contribution in [3.8, 4) is 5.75 Å². The van der Waals surface area contributed by atoms with Gasteiger partial charge in [-0.3, -0.25) is 9.69 Å². The van der Waals surface area contributed by atoms with Gasteiger partial charge in [-0.1, -0.05) is 35.9 Å². The molecule has 0 saturated carbocycles. The van der Waals surface area contributed by atoms with Crippen molar-refractivity contribution in [1.29, 1.82) is 0 Å². The van der Waals surface area contributed by atoms with Crippen molar-refractivity contribution in [2.45, 2.75) is 6.04 Å². The number of nitrogens with zero attached hydrogens (tertiary/aromatic N) is 2. The maximum absolute atomic E-state index is 12.7. The molecule has 2 aromatic carbocycles. The van der Waals surface area contributed by atoms with E-state index in [1.807, 2.05) is 36.4 Å². The number of benzene rings is 2. The fourth-order valence-electron chi connectivity index (χ4n) is 3.39. The van der Waals surface area contributed by atoms with E-state index in [2.05, 4.69) is 22.2 Å². The van der Waals surface area contributed by atoms with Gasteiger partial charge in [-0.2, -0.15) is 0 Å². The Morgan fingerprint density at radius 1 is 1.11 bits per heavy atom. The number of piperazine rings is 1. The highest BCUT2D eigenvalue weighted by Crippen LogP contribution is 2.24. The van der Waals surface area contributed by atoms with Crippen LogP contribution in [0.25, 0.3) is 0 Å². The highest BCUT2D eigenvalue weighted by Gasteiger charge is 2.25. The van der Waals surface area contributed by atoms with Crippen molar-refractivity contribution in [2.75, 3.05) is 46.9 Å². The number of amides is 1. The van der Waals surface area contributed by atoms with Crippen molar-refractivity contribution in [3.05, 3.63) is 64.7 Å². The monoisotopic (exact) mass is 387 g/mol. The summed E-state index contributed by atoms with van der Waals surface area (Å²) >= 11 is 6.06. The molecule has 0 unspecified atom stereocenters. The first-order valence-corrected chi connectivity index (χ1v) is 9.55. The molecular formula is C21H26ClN3O2. The molecule has 27 heavy (non-hydrogen) atoms. The van der Waals surface area contributed by atoms with Crippen molar-refractivity contribution >= 4 is 17.5 Å². The van der Waals surface area contributed by atoms with Crippen LogP contribution in [0.4, 0.5) is 0 Å². The summed E-state index contributed by atoms with van der Waals surface area (Å²) in [5.74, 6) is 0.457. The molecule has 6 heteroatoms. The number of halogens is 1. The Kier molecular flexibility index (Phi) is 6.72. The Hall–Kier alpha value is -2.08. The van der Waals surface area contributed by atoms with Gasteiger partial charge in [0.05, 0.1) is 18.7 Å². The predicted octanol–water partition coefficient (Wildman–Crippen LogP) is 3.07. The van der Waals surface area contributed by atoms with Crippen LogP contribution in [0.1, 0.15) is 22.0 Å². The fourth-order valence-corrected chi connectivity index (χ4v) is 3.52. The molecule has 1 heterocycles. The average molecular weight is 388 g/mol. The molecule has 144 valence electrons. The summed E-state index contributed by atoms with van der Waals surface area (Å²) in [5, 5.41) is 3.80. The Morgan fingerprint density at radius 2 is 1.78 bits per heavy atom. The van der Waals surface area contributed by atoms with Crippen LogP contribution in [-0.2, 0) is 0 Å². The highest BCUT2D eigenvalue weighted by molar-refractivity contribution is 6.30. The molecule has 1 atom stereocenters. The van der Waals surface area contributed by atoms with Crippen LogP contribution in [0, 0.1) is 0 Å². The van der Waals surface area contributed by atoms with Crippen molar-refractivity contribution in [1.82, 2.24) is 15.1 Å². The van der Waals surface area contributed by atoms with Crippen LogP contribution in [-0.4, -0.2) is 62.6 Å². The van der Waals surface area contributed by atoms with Crippen molar-refractivity contribution in [2.24, 2.45) is 0 Å². The van der Waals surface area contributed by atoms with Gasteiger partial charge in [-0.15, -0.1) is 0 Å². The molecule has 5 nitrogen and oxygen atoms in total. The van der Waals surface area contributed by atoms with E-state index in [1.54, 1.807) is 19.2 Å². The second kappa shape index (κ2) is 9.22. The number of likely N-dealkylation sites (N-methyl/N-ethyl adjacent to an activating group) is 1. The Balaban J connectivity index is 1.75. The predicted molar refractivity (Wildman–Crippen MR) is 109 cm³/mol. The zero-order valence-electron chi connectivity index (χ0n) is 15.8. The molecule has 0 aliphatic carbocycles. The molecule has 0 spiro atoms. The van der Waals surface area contributed by atoms with Crippen molar-refractivity contribution in [3.63, 3.8) is 0 Å². The molecule has 1 N–H and O–H groups in total. The van der Waals surface area contributed by atoms with Crippen LogP contribution in [0.2, 0.25) is 5.02 Å². The van der Waals surface area contributed by atoms with Crippen LogP contribution >= 0.6 is 11.6 Å². The van der Waals surface area contributed by atoms with E-state index >= 15 is 0 Å². The second-order valence-corrected chi connectivity index (χ2v) is 7.25. The number of rotatable bonds is 6. The maximum atomic E-state index is 12.7. The third-order valence-corrected chi connectivity index (χ3v) is 5.29. The smallest absolute Gasteiger partial charge is 0.255 e. The first-order chi connectivity index (χ1) is 13.1. The molecule has 1 amide bonds. The first kappa shape index (κ1) is 19.7. The third kappa shape index (κ3) is 5.01. The molecule has 1 fully saturated rings. The maximum Gasteiger partial charge on any atom is 0.255 e. The quantitative estimate of drug-likeness (QED) is 0.827. The van der Waals surface area contributed by atoms with Gasteiger partial charge in [0.2, 0.25) is 0 Å². The second-order valence-electron chi connectivity index (χ2n) is 6.82. The topological polar surface area (TPSA) is 44.8 Å². The third-order valence-electron chi connectivity index (χ3n) is 5.04. The van der Waals surface area contributed by atoms with E-state index in [1.165, 1.54) is 0 Å². The molecule has 1 aliphatic rings. The van der Waals surface area contributed by atoms with E-state index < -0.39 is 0 Å². The minimum atomic E-state index is -0.124. The zero-order chi connectivity index (χ0) is 19.2. The zero-order valence-corrected chi connectivity index (χ0v) is 16.6. The van der Waals surface area contributed by atoms with E-state index in [-0.39, 0.29) is 11.9 Å². The summed E-state index contributed by atoms with van der Waals surface area (Å²) in [6, 6.07) is 15.3. The lowest BCUT2D eigenvalue weighted by Crippen LogP contribution is -2.48. The van der Waals surface area contributed by atoms with Gasteiger partial charge in [0, 0.05) is 37.7 Å². The minimum absolute atomic E-state index is 0.106. The Morgan fingerprint density at radius 3 is 2.44 bits per heavy atom. The number of hydrogen-bond acceptors (Lipinski definition) is 4. The van der Waals surface area contributed by atoms with E-state index in [9.17, 15) is 4.79 Å². The number of carbonyl (C=O) groups excluding carboxylic acids is 1. The number of hydrogen-bond donors (Lipinski definition) is 1. The summed E-state index contributed by atoms with van der Waals surface area (Å²) in [7, 11) is 3.71. The largest absolute Gasteiger partial charge is 0.496 e. The molecule has 0 aromatic heterocycles. The van der Waals surface area contributed by atoms with E-state index in [4.69, 9.17) is 16.3 Å². The lowest BCUT2D eigenvalue weighted by molar-refractivity contribution is 0.0883. The molecule has 3 rings (SSSR count). The lowest BCUT2D eigenvalue weighted by Gasteiger charge is -2.38. The van der Waals surface area contributed by atoms with Crippen LogP contribution in [0.3, 0.4) is 0 Å². The summed E-state index contributed by atoms with van der Waals surface area (Å²) in [6.45, 7) is 4.50. The van der Waals surface area contributed by atoms with Gasteiger partial charge in [0.1, 0.15) is 5.75 Å². The van der Waals surface area contributed by atoms with Crippen LogP contribution in [0.15, 0.2) is 48.5 Å². The van der Waals surface area contributed by atoms with Gasteiger partial charge in [-0.05, 0) is 36.9 Å². The standard InChI is InChI=1S/C21H26ClN3O2/c1-24-11-13-25(14-12-24)19(16-7-9-17(22)10-8-16)15-23-21(26)18-5-3-4-6-20(18)27-2/h3-10,19H,11-15H2,1-2H3,(H,23,26)/t19-/m0/s1. The lowest BCUT2D eigenvalue weighted by atomic mass is 10.0. The van der Waals surface area contributed by atoms with E-state index in [0.29, 0.717) is 22.9 Å².